The molecule has 3 heterocycles. The van der Waals surface area contributed by atoms with Crippen LogP contribution >= 0.6 is 23.2 Å². The van der Waals surface area contributed by atoms with Crippen molar-refractivity contribution in [2.45, 2.75) is 19.4 Å². The van der Waals surface area contributed by atoms with Gasteiger partial charge in [-0.1, -0.05) is 23.2 Å². The largest absolute Gasteiger partial charge is 0.484 e. The van der Waals surface area contributed by atoms with Crippen LogP contribution in [0.25, 0.3) is 10.9 Å². The summed E-state index contributed by atoms with van der Waals surface area (Å²) in [5, 5.41) is 1.57. The summed E-state index contributed by atoms with van der Waals surface area (Å²) in [6.07, 6.45) is 1.77. The van der Waals surface area contributed by atoms with Crippen LogP contribution < -0.4 is 15.2 Å². The fraction of sp³-hybridized carbons (Fsp3) is 0.348. The lowest BCUT2D eigenvalue weighted by Crippen LogP contribution is -2.50. The minimum Gasteiger partial charge on any atom is -0.484 e. The van der Waals surface area contributed by atoms with Gasteiger partial charge in [0.15, 0.2) is 6.61 Å². The lowest BCUT2D eigenvalue weighted by Gasteiger charge is -2.36. The third kappa shape index (κ3) is 4.02. The van der Waals surface area contributed by atoms with Crippen molar-refractivity contribution >= 4 is 45.7 Å². The summed E-state index contributed by atoms with van der Waals surface area (Å²) in [5.74, 6) is 1.26. The molecule has 1 fully saturated rings. The number of aromatic nitrogens is 2. The van der Waals surface area contributed by atoms with Crippen LogP contribution in [0.2, 0.25) is 10.0 Å². The maximum absolute atomic E-state index is 12.7. The molecule has 1 amide bonds. The predicted octanol–water partition coefficient (Wildman–Crippen LogP) is 3.38. The molecule has 0 aliphatic carbocycles. The summed E-state index contributed by atoms with van der Waals surface area (Å²) in [5.41, 5.74) is 1.61. The summed E-state index contributed by atoms with van der Waals surface area (Å²) in [6, 6.07) is 10.8. The van der Waals surface area contributed by atoms with Crippen LogP contribution in [0.15, 0.2) is 41.2 Å². The van der Waals surface area contributed by atoms with E-state index in [1.54, 1.807) is 33.7 Å². The van der Waals surface area contributed by atoms with Crippen molar-refractivity contribution in [3.63, 3.8) is 0 Å². The highest BCUT2D eigenvalue weighted by Gasteiger charge is 2.22. The zero-order valence-corrected chi connectivity index (χ0v) is 18.9. The molecule has 1 aromatic heterocycles. The normalized spacial score (nSPS) is 15.8. The number of fused-ring (bicyclic) bond motifs is 2. The number of anilines is 1. The number of carbonyl (C=O) groups excluding carboxylic acids is 1. The van der Waals surface area contributed by atoms with Gasteiger partial charge in [-0.05, 0) is 42.8 Å². The molecule has 0 saturated carbocycles. The summed E-state index contributed by atoms with van der Waals surface area (Å²) in [7, 11) is 0. The van der Waals surface area contributed by atoms with Crippen molar-refractivity contribution in [3.8, 4) is 5.75 Å². The van der Waals surface area contributed by atoms with Crippen LogP contribution in [0.1, 0.15) is 12.2 Å². The Labute approximate surface area is 195 Å². The van der Waals surface area contributed by atoms with Crippen LogP contribution in [0.4, 0.5) is 5.69 Å². The van der Waals surface area contributed by atoms with Gasteiger partial charge in [0, 0.05) is 44.8 Å². The molecule has 0 N–H and O–H groups in total. The van der Waals surface area contributed by atoms with Crippen molar-refractivity contribution < 1.29 is 9.53 Å². The molecule has 2 aliphatic heterocycles. The Morgan fingerprint density at radius 1 is 1.00 bits per heavy atom. The Hall–Kier alpha value is -2.77. The Morgan fingerprint density at radius 2 is 1.81 bits per heavy atom. The Kier molecular flexibility index (Phi) is 5.69. The number of amides is 1. The van der Waals surface area contributed by atoms with Crippen LogP contribution in [-0.4, -0.2) is 53.1 Å². The number of piperazine rings is 1. The van der Waals surface area contributed by atoms with Crippen LogP contribution in [0, 0.1) is 0 Å². The van der Waals surface area contributed by atoms with Crippen molar-refractivity contribution in [1.82, 2.24) is 14.5 Å². The number of benzene rings is 2. The molecule has 9 heteroatoms. The number of aryl methyl sites for hydroxylation is 1. The molecule has 32 heavy (non-hydrogen) atoms. The minimum absolute atomic E-state index is 0.0438. The van der Waals surface area contributed by atoms with Crippen molar-refractivity contribution in [2.24, 2.45) is 0 Å². The number of rotatable bonds is 4. The third-order valence-corrected chi connectivity index (χ3v) is 6.79. The predicted molar refractivity (Wildman–Crippen MR) is 125 cm³/mol. The Balaban J connectivity index is 1.20. The van der Waals surface area contributed by atoms with Crippen LogP contribution in [0.3, 0.4) is 0 Å². The van der Waals surface area contributed by atoms with E-state index in [4.69, 9.17) is 27.9 Å². The zero-order chi connectivity index (χ0) is 22.2. The first-order valence-electron chi connectivity index (χ1n) is 10.6. The molecule has 0 radical (unpaired) electrons. The van der Waals surface area contributed by atoms with Gasteiger partial charge in [0.05, 0.1) is 20.9 Å². The van der Waals surface area contributed by atoms with E-state index in [1.807, 2.05) is 12.1 Å². The second-order valence-corrected chi connectivity index (χ2v) is 8.84. The second-order valence-electron chi connectivity index (χ2n) is 8.02. The second kappa shape index (κ2) is 8.64. The van der Waals surface area contributed by atoms with Gasteiger partial charge < -0.3 is 14.5 Å². The van der Waals surface area contributed by atoms with Crippen molar-refractivity contribution in [2.75, 3.05) is 37.7 Å². The molecule has 0 unspecified atom stereocenters. The lowest BCUT2D eigenvalue weighted by molar-refractivity contribution is -0.133. The average Bonchev–Trinajstić information content (AvgIpc) is 3.28. The van der Waals surface area contributed by atoms with Crippen molar-refractivity contribution in [1.29, 1.82) is 0 Å². The maximum Gasteiger partial charge on any atom is 0.261 e. The SMILES string of the molecule is O=C(COc1ccc2nc3n(c(=O)c2c1)CCC3)N1CCN(c2ccc(Cl)c(Cl)c2)CC1. The highest BCUT2D eigenvalue weighted by Crippen LogP contribution is 2.28. The van der Waals surface area contributed by atoms with Gasteiger partial charge in [0.25, 0.3) is 11.5 Å². The molecule has 166 valence electrons. The molecule has 2 aromatic carbocycles. The Bertz CT molecular complexity index is 1250. The highest BCUT2D eigenvalue weighted by atomic mass is 35.5. The van der Waals surface area contributed by atoms with E-state index < -0.39 is 0 Å². The summed E-state index contributed by atoms with van der Waals surface area (Å²) in [4.78, 5) is 33.9. The van der Waals surface area contributed by atoms with Gasteiger partial charge in [-0.2, -0.15) is 0 Å². The molecule has 0 atom stereocenters. The molecule has 5 rings (SSSR count). The fourth-order valence-electron chi connectivity index (χ4n) is 4.28. The maximum atomic E-state index is 12.7. The van der Waals surface area contributed by atoms with E-state index in [-0.39, 0.29) is 18.1 Å². The van der Waals surface area contributed by atoms with Crippen molar-refractivity contribution in [3.05, 3.63) is 62.6 Å². The molecule has 3 aromatic rings. The quantitative estimate of drug-likeness (QED) is 0.582. The number of nitrogens with zero attached hydrogens (tertiary/aromatic N) is 4. The summed E-state index contributed by atoms with van der Waals surface area (Å²) >= 11 is 12.1. The molecule has 0 bridgehead atoms. The van der Waals surface area contributed by atoms with E-state index in [2.05, 4.69) is 9.88 Å². The summed E-state index contributed by atoms with van der Waals surface area (Å²) in [6.45, 7) is 3.22. The van der Waals surface area contributed by atoms with Gasteiger partial charge in [0.2, 0.25) is 0 Å². The van der Waals surface area contributed by atoms with Crippen LogP contribution in [-0.2, 0) is 17.8 Å². The number of ether oxygens (including phenoxy) is 1. The van der Waals surface area contributed by atoms with Gasteiger partial charge in [0.1, 0.15) is 11.6 Å². The topological polar surface area (TPSA) is 67.7 Å². The average molecular weight is 473 g/mol. The molecule has 7 nitrogen and oxygen atoms in total. The highest BCUT2D eigenvalue weighted by molar-refractivity contribution is 6.42. The number of carbonyl (C=O) groups is 1. The molecule has 1 saturated heterocycles. The number of halogens is 2. The number of hydrogen-bond acceptors (Lipinski definition) is 5. The first kappa shape index (κ1) is 21.1. The third-order valence-electron chi connectivity index (χ3n) is 6.05. The van der Waals surface area contributed by atoms with E-state index in [0.717, 1.165) is 24.4 Å². The molecule has 0 spiro atoms. The van der Waals surface area contributed by atoms with Gasteiger partial charge in [-0.3, -0.25) is 14.2 Å². The van der Waals surface area contributed by atoms with E-state index >= 15 is 0 Å². The smallest absolute Gasteiger partial charge is 0.261 e. The standard InChI is InChI=1S/C23H22Cl2N4O3/c24-18-5-3-15(12-19(18)25)27-8-10-28(11-9-27)22(30)14-32-16-4-6-20-17(13-16)23(31)29-7-1-2-21(29)26-20/h3-6,12-13H,1-2,7-11,14H2. The number of hydrogen-bond donors (Lipinski definition) is 0. The van der Waals surface area contributed by atoms with E-state index in [9.17, 15) is 9.59 Å². The van der Waals surface area contributed by atoms with E-state index in [0.29, 0.717) is 59.4 Å². The van der Waals surface area contributed by atoms with Gasteiger partial charge >= 0.3 is 0 Å². The first-order valence-corrected chi connectivity index (χ1v) is 11.4. The zero-order valence-electron chi connectivity index (χ0n) is 17.4. The fourth-order valence-corrected chi connectivity index (χ4v) is 4.58. The molecular weight excluding hydrogens is 451 g/mol. The molecular formula is C23H22Cl2N4O3. The summed E-state index contributed by atoms with van der Waals surface area (Å²) < 4.78 is 7.46. The monoisotopic (exact) mass is 472 g/mol. The Morgan fingerprint density at radius 3 is 2.59 bits per heavy atom. The van der Waals surface area contributed by atoms with Gasteiger partial charge in [-0.25, -0.2) is 4.98 Å². The molecule has 2 aliphatic rings. The minimum atomic E-state index is -0.0808. The first-order chi connectivity index (χ1) is 15.5. The lowest BCUT2D eigenvalue weighted by atomic mass is 10.2. The van der Waals surface area contributed by atoms with Gasteiger partial charge in [-0.15, -0.1) is 0 Å². The van der Waals surface area contributed by atoms with E-state index in [1.165, 1.54) is 0 Å². The van der Waals surface area contributed by atoms with Crippen LogP contribution in [0.5, 0.6) is 5.75 Å².